The molecule has 0 atom stereocenters. The zero-order chi connectivity index (χ0) is 12.0. The Kier molecular flexibility index (Phi) is 4.72. The van der Waals surface area contributed by atoms with E-state index in [0.29, 0.717) is 13.1 Å². The number of halogens is 1. The van der Waals surface area contributed by atoms with Gasteiger partial charge in [-0.2, -0.15) is 0 Å². The highest BCUT2D eigenvalue weighted by molar-refractivity contribution is 5.64. The summed E-state index contributed by atoms with van der Waals surface area (Å²) in [4.78, 5) is 10.3. The molecule has 1 aromatic rings. The average Bonchev–Trinajstić information content (AvgIpc) is 2.20. The maximum atomic E-state index is 12.8. The van der Waals surface area contributed by atoms with Crippen molar-refractivity contribution in [1.29, 1.82) is 0 Å². The molecule has 4 nitrogen and oxygen atoms in total. The lowest BCUT2D eigenvalue weighted by atomic mass is 10.1. The van der Waals surface area contributed by atoms with Crippen LogP contribution in [0.1, 0.15) is 11.1 Å². The number of nitrogens with two attached hydrogens (primary N) is 1. The molecular weight excluding hydrogens is 211 g/mol. The first-order valence-corrected chi connectivity index (χ1v) is 4.97. The van der Waals surface area contributed by atoms with E-state index in [9.17, 15) is 9.18 Å². The Labute approximate surface area is 93.6 Å². The molecule has 1 rings (SSSR count). The third kappa shape index (κ3) is 4.27. The first-order chi connectivity index (χ1) is 7.59. The fourth-order valence-electron chi connectivity index (χ4n) is 1.30. The van der Waals surface area contributed by atoms with Gasteiger partial charge in [0.15, 0.2) is 0 Å². The van der Waals surface area contributed by atoms with Gasteiger partial charge in [-0.1, -0.05) is 6.07 Å². The SMILES string of the molecule is Cc1cc(F)ccc1CNCCOC(N)=O. The summed E-state index contributed by atoms with van der Waals surface area (Å²) in [7, 11) is 0. The predicted molar refractivity (Wildman–Crippen MR) is 58.4 cm³/mol. The molecule has 0 radical (unpaired) electrons. The number of carbonyl (C=O) groups is 1. The third-order valence-electron chi connectivity index (χ3n) is 2.14. The number of hydrogen-bond acceptors (Lipinski definition) is 3. The first kappa shape index (κ1) is 12.4. The van der Waals surface area contributed by atoms with E-state index in [1.807, 2.05) is 6.92 Å². The molecule has 0 bridgehead atoms. The summed E-state index contributed by atoms with van der Waals surface area (Å²) in [6.45, 7) is 3.20. The lowest BCUT2D eigenvalue weighted by molar-refractivity contribution is 0.157. The van der Waals surface area contributed by atoms with E-state index in [1.165, 1.54) is 12.1 Å². The molecule has 0 saturated carbocycles. The van der Waals surface area contributed by atoms with Crippen molar-refractivity contribution in [2.24, 2.45) is 5.73 Å². The van der Waals surface area contributed by atoms with Crippen LogP contribution in [-0.4, -0.2) is 19.2 Å². The lowest BCUT2D eigenvalue weighted by Gasteiger charge is -2.07. The van der Waals surface area contributed by atoms with E-state index in [0.717, 1.165) is 11.1 Å². The number of rotatable bonds is 5. The summed E-state index contributed by atoms with van der Waals surface area (Å²) in [5.74, 6) is -0.238. The lowest BCUT2D eigenvalue weighted by Crippen LogP contribution is -2.23. The smallest absolute Gasteiger partial charge is 0.404 e. The van der Waals surface area contributed by atoms with Crippen LogP contribution in [0.3, 0.4) is 0 Å². The summed E-state index contributed by atoms with van der Waals surface area (Å²) < 4.78 is 17.3. The van der Waals surface area contributed by atoms with Gasteiger partial charge in [-0.3, -0.25) is 0 Å². The fourth-order valence-corrected chi connectivity index (χ4v) is 1.30. The van der Waals surface area contributed by atoms with Gasteiger partial charge in [0.25, 0.3) is 0 Å². The Balaban J connectivity index is 2.29. The highest BCUT2D eigenvalue weighted by Gasteiger charge is 1.99. The van der Waals surface area contributed by atoms with Gasteiger partial charge in [-0.15, -0.1) is 0 Å². The van der Waals surface area contributed by atoms with Crippen molar-refractivity contribution in [3.05, 3.63) is 35.1 Å². The van der Waals surface area contributed by atoms with Crippen LogP contribution < -0.4 is 11.1 Å². The summed E-state index contributed by atoms with van der Waals surface area (Å²) >= 11 is 0. The molecule has 0 spiro atoms. The van der Waals surface area contributed by atoms with Crippen molar-refractivity contribution in [1.82, 2.24) is 5.32 Å². The van der Waals surface area contributed by atoms with Crippen LogP contribution in [0.5, 0.6) is 0 Å². The average molecular weight is 226 g/mol. The van der Waals surface area contributed by atoms with E-state index >= 15 is 0 Å². The Bertz CT molecular complexity index is 369. The standard InChI is InChI=1S/C11H15FN2O2/c1-8-6-10(12)3-2-9(8)7-14-4-5-16-11(13)15/h2-3,6,14H,4-5,7H2,1H3,(H2,13,15). The maximum Gasteiger partial charge on any atom is 0.404 e. The molecular formula is C11H15FN2O2. The van der Waals surface area contributed by atoms with E-state index in [1.54, 1.807) is 6.07 Å². The molecule has 0 heterocycles. The number of hydrogen-bond donors (Lipinski definition) is 2. The summed E-state index contributed by atoms with van der Waals surface area (Å²) in [6, 6.07) is 4.63. The Morgan fingerprint density at radius 3 is 2.94 bits per heavy atom. The molecule has 0 fully saturated rings. The molecule has 0 saturated heterocycles. The summed E-state index contributed by atoms with van der Waals surface area (Å²) in [6.07, 6.45) is -0.778. The van der Waals surface area contributed by atoms with Gasteiger partial charge in [0, 0.05) is 13.1 Å². The van der Waals surface area contributed by atoms with Gasteiger partial charge in [-0.05, 0) is 30.2 Å². The normalized spacial score (nSPS) is 10.1. The molecule has 0 aromatic heterocycles. The second-order valence-electron chi connectivity index (χ2n) is 3.42. The van der Waals surface area contributed by atoms with E-state index in [2.05, 4.69) is 10.1 Å². The van der Waals surface area contributed by atoms with Crippen LogP contribution >= 0.6 is 0 Å². The molecule has 16 heavy (non-hydrogen) atoms. The Morgan fingerprint density at radius 1 is 1.56 bits per heavy atom. The zero-order valence-electron chi connectivity index (χ0n) is 9.13. The molecule has 3 N–H and O–H groups in total. The number of primary amides is 1. The minimum atomic E-state index is -0.778. The number of aryl methyl sites for hydroxylation is 1. The number of nitrogens with one attached hydrogen (secondary N) is 1. The predicted octanol–water partition coefficient (Wildman–Crippen LogP) is 1.32. The van der Waals surface area contributed by atoms with Crippen molar-refractivity contribution in [3.8, 4) is 0 Å². The highest BCUT2D eigenvalue weighted by Crippen LogP contribution is 2.09. The Hall–Kier alpha value is -1.62. The van der Waals surface area contributed by atoms with Crippen LogP contribution in [0.2, 0.25) is 0 Å². The van der Waals surface area contributed by atoms with Crippen molar-refractivity contribution in [2.75, 3.05) is 13.2 Å². The van der Waals surface area contributed by atoms with Crippen molar-refractivity contribution in [2.45, 2.75) is 13.5 Å². The number of carbonyl (C=O) groups excluding carboxylic acids is 1. The topological polar surface area (TPSA) is 64.3 Å². The van der Waals surface area contributed by atoms with Gasteiger partial charge in [-0.25, -0.2) is 9.18 Å². The molecule has 1 amide bonds. The fraction of sp³-hybridized carbons (Fsp3) is 0.364. The minimum absolute atomic E-state index is 0.232. The molecule has 0 aliphatic rings. The molecule has 0 aliphatic carbocycles. The van der Waals surface area contributed by atoms with Gasteiger partial charge in [0.1, 0.15) is 12.4 Å². The minimum Gasteiger partial charge on any atom is -0.448 e. The van der Waals surface area contributed by atoms with Crippen molar-refractivity contribution >= 4 is 6.09 Å². The maximum absolute atomic E-state index is 12.8. The van der Waals surface area contributed by atoms with Gasteiger partial charge in [0.2, 0.25) is 0 Å². The number of benzene rings is 1. The summed E-state index contributed by atoms with van der Waals surface area (Å²) in [5.41, 5.74) is 6.70. The van der Waals surface area contributed by atoms with Crippen LogP contribution in [-0.2, 0) is 11.3 Å². The summed E-state index contributed by atoms with van der Waals surface area (Å²) in [5, 5.41) is 3.06. The van der Waals surface area contributed by atoms with Crippen LogP contribution in [0.4, 0.5) is 9.18 Å². The van der Waals surface area contributed by atoms with Gasteiger partial charge >= 0.3 is 6.09 Å². The Morgan fingerprint density at radius 2 is 2.31 bits per heavy atom. The van der Waals surface area contributed by atoms with Crippen molar-refractivity contribution < 1.29 is 13.9 Å². The molecule has 0 aliphatic heterocycles. The molecule has 88 valence electrons. The third-order valence-corrected chi connectivity index (χ3v) is 2.14. The van der Waals surface area contributed by atoms with Crippen LogP contribution in [0, 0.1) is 12.7 Å². The highest BCUT2D eigenvalue weighted by atomic mass is 19.1. The van der Waals surface area contributed by atoms with Gasteiger partial charge < -0.3 is 15.8 Å². The van der Waals surface area contributed by atoms with E-state index in [-0.39, 0.29) is 12.4 Å². The quantitative estimate of drug-likeness (QED) is 0.744. The number of ether oxygens (including phenoxy) is 1. The van der Waals surface area contributed by atoms with Crippen molar-refractivity contribution in [3.63, 3.8) is 0 Å². The molecule has 5 heteroatoms. The van der Waals surface area contributed by atoms with E-state index in [4.69, 9.17) is 5.73 Å². The van der Waals surface area contributed by atoms with Crippen LogP contribution in [0.15, 0.2) is 18.2 Å². The second kappa shape index (κ2) is 6.07. The first-order valence-electron chi connectivity index (χ1n) is 4.97. The number of amides is 1. The van der Waals surface area contributed by atoms with E-state index < -0.39 is 6.09 Å². The zero-order valence-corrected chi connectivity index (χ0v) is 9.13. The molecule has 0 unspecified atom stereocenters. The van der Waals surface area contributed by atoms with Crippen LogP contribution in [0.25, 0.3) is 0 Å². The molecule has 1 aromatic carbocycles. The second-order valence-corrected chi connectivity index (χ2v) is 3.42. The monoisotopic (exact) mass is 226 g/mol. The largest absolute Gasteiger partial charge is 0.448 e. The van der Waals surface area contributed by atoms with Gasteiger partial charge in [0.05, 0.1) is 0 Å².